The Bertz CT molecular complexity index is 292. The topological polar surface area (TPSA) is 130 Å². The summed E-state index contributed by atoms with van der Waals surface area (Å²) in [5.74, 6) is -3.54. The van der Waals surface area contributed by atoms with Gasteiger partial charge in [-0.25, -0.2) is 0 Å². The average molecular weight is 246 g/mol. The van der Waals surface area contributed by atoms with Crippen molar-refractivity contribution in [3.05, 3.63) is 0 Å². The van der Waals surface area contributed by atoms with Crippen molar-refractivity contribution in [1.29, 1.82) is 0 Å². The summed E-state index contributed by atoms with van der Waals surface area (Å²) in [4.78, 5) is 32.5. The van der Waals surface area contributed by atoms with Gasteiger partial charge in [0.25, 0.3) is 0 Å². The Balaban J connectivity index is 4.21. The van der Waals surface area contributed by atoms with Crippen LogP contribution in [0.1, 0.15) is 26.2 Å². The van der Waals surface area contributed by atoms with Crippen molar-refractivity contribution < 1.29 is 24.6 Å². The Hall–Kier alpha value is -1.63. The molecule has 5 N–H and O–H groups in total. The van der Waals surface area contributed by atoms with Crippen LogP contribution in [-0.2, 0) is 14.4 Å². The van der Waals surface area contributed by atoms with Gasteiger partial charge in [-0.1, -0.05) is 0 Å². The van der Waals surface area contributed by atoms with Crippen molar-refractivity contribution in [2.75, 3.05) is 6.54 Å². The lowest BCUT2D eigenvalue weighted by Gasteiger charge is -2.14. The molecule has 98 valence electrons. The number of nitrogens with two attached hydrogens (primary N) is 1. The molecule has 0 aliphatic carbocycles. The highest BCUT2D eigenvalue weighted by atomic mass is 16.4. The van der Waals surface area contributed by atoms with Gasteiger partial charge in [-0.15, -0.1) is 0 Å². The van der Waals surface area contributed by atoms with Crippen LogP contribution >= 0.6 is 0 Å². The molecule has 17 heavy (non-hydrogen) atoms. The molecular formula is C10H18N2O5. The number of hydrogen-bond acceptors (Lipinski definition) is 4. The molecule has 0 bridgehead atoms. The summed E-state index contributed by atoms with van der Waals surface area (Å²) < 4.78 is 0. The fraction of sp³-hybridized carbons (Fsp3) is 0.700. The van der Waals surface area contributed by atoms with Crippen LogP contribution in [0, 0.1) is 5.92 Å². The van der Waals surface area contributed by atoms with Gasteiger partial charge in [0.05, 0.1) is 5.92 Å². The smallest absolute Gasteiger partial charge is 0.320 e. The first-order valence-corrected chi connectivity index (χ1v) is 5.36. The van der Waals surface area contributed by atoms with E-state index in [1.54, 1.807) is 6.92 Å². The second-order valence-corrected chi connectivity index (χ2v) is 3.71. The Morgan fingerprint density at radius 2 is 1.82 bits per heavy atom. The minimum atomic E-state index is -1.24. The van der Waals surface area contributed by atoms with Gasteiger partial charge in [-0.05, 0) is 19.8 Å². The van der Waals surface area contributed by atoms with Gasteiger partial charge in [0.15, 0.2) is 0 Å². The molecule has 0 spiro atoms. The maximum absolute atomic E-state index is 11.1. The number of nitrogens with one attached hydrogen (secondary N) is 1. The monoisotopic (exact) mass is 246 g/mol. The number of carbonyl (C=O) groups is 3. The van der Waals surface area contributed by atoms with E-state index in [4.69, 9.17) is 15.9 Å². The SMILES string of the molecule is CCNC(=O)CC[C@H](C[C@H](N)C(=O)O)C(=O)O. The highest BCUT2D eigenvalue weighted by molar-refractivity contribution is 5.78. The largest absolute Gasteiger partial charge is 0.481 e. The summed E-state index contributed by atoms with van der Waals surface area (Å²) in [6, 6.07) is -1.22. The van der Waals surface area contributed by atoms with Crippen molar-refractivity contribution in [1.82, 2.24) is 5.32 Å². The Kier molecular flexibility index (Phi) is 6.88. The molecule has 0 aromatic carbocycles. The Morgan fingerprint density at radius 1 is 1.24 bits per heavy atom. The van der Waals surface area contributed by atoms with Crippen LogP contribution in [0.15, 0.2) is 0 Å². The zero-order valence-electron chi connectivity index (χ0n) is 9.68. The number of aliphatic carboxylic acids is 2. The van der Waals surface area contributed by atoms with E-state index in [0.29, 0.717) is 6.54 Å². The standard InChI is InChI=1S/C10H18N2O5/c1-2-12-8(13)4-3-6(9(14)15)5-7(11)10(16)17/h6-7H,2-5,11H2,1H3,(H,12,13)(H,14,15)(H,16,17)/t6-,7+/m1/s1. The van der Waals surface area contributed by atoms with E-state index < -0.39 is 23.9 Å². The lowest BCUT2D eigenvalue weighted by molar-refractivity contribution is -0.143. The number of carbonyl (C=O) groups excluding carboxylic acids is 1. The number of amides is 1. The Morgan fingerprint density at radius 3 is 2.24 bits per heavy atom. The third-order valence-electron chi connectivity index (χ3n) is 2.30. The van der Waals surface area contributed by atoms with Crippen LogP contribution in [0.5, 0.6) is 0 Å². The summed E-state index contributed by atoms with van der Waals surface area (Å²) in [7, 11) is 0. The van der Waals surface area contributed by atoms with Gasteiger partial charge in [-0.3, -0.25) is 14.4 Å². The minimum Gasteiger partial charge on any atom is -0.481 e. The second kappa shape index (κ2) is 7.61. The molecule has 1 amide bonds. The van der Waals surface area contributed by atoms with E-state index >= 15 is 0 Å². The molecular weight excluding hydrogens is 228 g/mol. The molecule has 7 nitrogen and oxygen atoms in total. The predicted molar refractivity (Wildman–Crippen MR) is 59.3 cm³/mol. The number of rotatable bonds is 8. The number of carboxylic acids is 2. The molecule has 0 radical (unpaired) electrons. The maximum Gasteiger partial charge on any atom is 0.320 e. The second-order valence-electron chi connectivity index (χ2n) is 3.71. The molecule has 0 aliphatic heterocycles. The van der Waals surface area contributed by atoms with Gasteiger partial charge in [0.2, 0.25) is 5.91 Å². The van der Waals surface area contributed by atoms with E-state index in [1.165, 1.54) is 0 Å². The van der Waals surface area contributed by atoms with Crippen LogP contribution in [-0.4, -0.2) is 40.6 Å². The van der Waals surface area contributed by atoms with Crippen LogP contribution < -0.4 is 11.1 Å². The van der Waals surface area contributed by atoms with E-state index in [2.05, 4.69) is 5.32 Å². The van der Waals surface area contributed by atoms with Crippen LogP contribution in [0.25, 0.3) is 0 Å². The van der Waals surface area contributed by atoms with Gasteiger partial charge in [-0.2, -0.15) is 0 Å². The zero-order chi connectivity index (χ0) is 13.4. The van der Waals surface area contributed by atoms with E-state index in [0.717, 1.165) is 0 Å². The van der Waals surface area contributed by atoms with Crippen molar-refractivity contribution >= 4 is 17.8 Å². The van der Waals surface area contributed by atoms with Crippen LogP contribution in [0.4, 0.5) is 0 Å². The van der Waals surface area contributed by atoms with Crippen molar-refractivity contribution in [2.45, 2.75) is 32.2 Å². The zero-order valence-corrected chi connectivity index (χ0v) is 9.68. The first kappa shape index (κ1) is 15.4. The third-order valence-corrected chi connectivity index (χ3v) is 2.30. The molecule has 0 aromatic heterocycles. The van der Waals surface area contributed by atoms with Crippen LogP contribution in [0.3, 0.4) is 0 Å². The summed E-state index contributed by atoms with van der Waals surface area (Å²) >= 11 is 0. The first-order chi connectivity index (χ1) is 7.88. The molecule has 0 unspecified atom stereocenters. The van der Waals surface area contributed by atoms with Crippen LogP contribution in [0.2, 0.25) is 0 Å². The molecule has 0 fully saturated rings. The predicted octanol–water partition coefficient (Wildman–Crippen LogP) is -0.594. The molecule has 0 heterocycles. The molecule has 0 saturated heterocycles. The lowest BCUT2D eigenvalue weighted by Crippen LogP contribution is -2.35. The highest BCUT2D eigenvalue weighted by Gasteiger charge is 2.24. The first-order valence-electron chi connectivity index (χ1n) is 5.36. The summed E-state index contributed by atoms with van der Waals surface area (Å²) in [5.41, 5.74) is 5.26. The minimum absolute atomic E-state index is 0.0527. The molecule has 0 aliphatic rings. The van der Waals surface area contributed by atoms with E-state index in [1.807, 2.05) is 0 Å². The maximum atomic E-state index is 11.1. The summed E-state index contributed by atoms with van der Waals surface area (Å²) in [6.07, 6.45) is -0.0383. The van der Waals surface area contributed by atoms with Crippen molar-refractivity contribution in [3.8, 4) is 0 Å². The number of carboxylic acid groups (broad SMARTS) is 2. The van der Waals surface area contributed by atoms with Gasteiger partial charge >= 0.3 is 11.9 Å². The Labute approximate surface area is 99.0 Å². The van der Waals surface area contributed by atoms with E-state index in [-0.39, 0.29) is 25.2 Å². The van der Waals surface area contributed by atoms with Crippen molar-refractivity contribution in [2.24, 2.45) is 11.7 Å². The molecule has 0 saturated carbocycles. The number of hydrogen-bond donors (Lipinski definition) is 4. The third kappa shape index (κ3) is 6.52. The fourth-order valence-electron chi connectivity index (χ4n) is 1.34. The van der Waals surface area contributed by atoms with Gasteiger partial charge in [0.1, 0.15) is 6.04 Å². The molecule has 2 atom stereocenters. The fourth-order valence-corrected chi connectivity index (χ4v) is 1.34. The normalized spacial score (nSPS) is 13.8. The van der Waals surface area contributed by atoms with Gasteiger partial charge in [0, 0.05) is 13.0 Å². The van der Waals surface area contributed by atoms with E-state index in [9.17, 15) is 14.4 Å². The average Bonchev–Trinajstić information content (AvgIpc) is 2.23. The quantitative estimate of drug-likeness (QED) is 0.452. The lowest BCUT2D eigenvalue weighted by atomic mass is 9.95. The highest BCUT2D eigenvalue weighted by Crippen LogP contribution is 2.13. The molecule has 0 rings (SSSR count). The summed E-state index contributed by atoms with van der Waals surface area (Å²) in [5, 5.41) is 20.0. The summed E-state index contributed by atoms with van der Waals surface area (Å²) in [6.45, 7) is 2.23. The van der Waals surface area contributed by atoms with Crippen molar-refractivity contribution in [3.63, 3.8) is 0 Å². The molecule has 7 heteroatoms. The molecule has 0 aromatic rings. The van der Waals surface area contributed by atoms with Gasteiger partial charge < -0.3 is 21.3 Å².